The van der Waals surface area contributed by atoms with Crippen LogP contribution in [-0.4, -0.2) is 26.1 Å². The summed E-state index contributed by atoms with van der Waals surface area (Å²) in [4.78, 5) is 38.6. The maximum Gasteiger partial charge on any atom is 0.326 e. The second kappa shape index (κ2) is 7.01. The summed E-state index contributed by atoms with van der Waals surface area (Å²) in [6.07, 6.45) is 1.53. The van der Waals surface area contributed by atoms with E-state index in [2.05, 4.69) is 20.5 Å². The van der Waals surface area contributed by atoms with E-state index < -0.39 is 17.2 Å². The van der Waals surface area contributed by atoms with Crippen LogP contribution in [0, 0.1) is 0 Å². The maximum absolute atomic E-state index is 12.0. The Morgan fingerprint density at radius 3 is 2.62 bits per heavy atom. The van der Waals surface area contributed by atoms with E-state index in [0.717, 1.165) is 17.5 Å². The molecule has 122 valence electrons. The molecule has 9 heteroatoms. The van der Waals surface area contributed by atoms with E-state index in [4.69, 9.17) is 0 Å². The number of rotatable bonds is 5. The highest BCUT2D eigenvalue weighted by molar-refractivity contribution is 7.15. The van der Waals surface area contributed by atoms with E-state index >= 15 is 0 Å². The van der Waals surface area contributed by atoms with Gasteiger partial charge in [-0.2, -0.15) is 0 Å². The summed E-state index contributed by atoms with van der Waals surface area (Å²) in [6, 6.07) is 11.0. The smallest absolute Gasteiger partial charge is 0.303 e. The molecule has 0 bridgehead atoms. The quantitative estimate of drug-likeness (QED) is 0.637. The average Bonchev–Trinajstić information content (AvgIpc) is 3.00. The van der Waals surface area contributed by atoms with Crippen LogP contribution in [0.25, 0.3) is 0 Å². The monoisotopic (exact) mass is 343 g/mol. The molecular formula is C15H13N5O3S. The fourth-order valence-electron chi connectivity index (χ4n) is 2.06. The number of carbonyl (C=O) groups excluding carboxylic acids is 1. The Hall–Kier alpha value is -3.07. The van der Waals surface area contributed by atoms with E-state index in [1.807, 2.05) is 35.3 Å². The highest BCUT2D eigenvalue weighted by Gasteiger charge is 2.12. The van der Waals surface area contributed by atoms with Crippen LogP contribution >= 0.6 is 11.3 Å². The standard InChI is InChI=1S/C15H13N5O3S/c21-11-8-10(16-14(23)17-11)13(22)18-15-20-19-12(24-15)7-6-9-4-2-1-3-5-9/h1-5,8H,6-7H2,(H,18,20,22)(H2,16,17,21,23). The van der Waals surface area contributed by atoms with Gasteiger partial charge in [-0.05, 0) is 12.0 Å². The van der Waals surface area contributed by atoms with Crippen molar-refractivity contribution < 1.29 is 4.79 Å². The van der Waals surface area contributed by atoms with E-state index in [-0.39, 0.29) is 5.69 Å². The Morgan fingerprint density at radius 1 is 1.08 bits per heavy atom. The molecule has 2 aromatic heterocycles. The number of aryl methyl sites for hydroxylation is 2. The third-order valence-corrected chi connectivity index (χ3v) is 4.06. The van der Waals surface area contributed by atoms with Crippen LogP contribution in [0.2, 0.25) is 0 Å². The van der Waals surface area contributed by atoms with Gasteiger partial charge in [-0.15, -0.1) is 10.2 Å². The number of H-pyrrole nitrogens is 2. The van der Waals surface area contributed by atoms with Crippen LogP contribution < -0.4 is 16.6 Å². The van der Waals surface area contributed by atoms with E-state index in [0.29, 0.717) is 11.6 Å². The summed E-state index contributed by atoms with van der Waals surface area (Å²) in [7, 11) is 0. The second-order valence-corrected chi connectivity index (χ2v) is 6.00. The highest BCUT2D eigenvalue weighted by Crippen LogP contribution is 2.17. The summed E-state index contributed by atoms with van der Waals surface area (Å²) in [5.74, 6) is -0.621. The van der Waals surface area contributed by atoms with Gasteiger partial charge in [0.15, 0.2) is 0 Å². The number of amides is 1. The molecule has 0 unspecified atom stereocenters. The van der Waals surface area contributed by atoms with Crippen molar-refractivity contribution in [3.8, 4) is 0 Å². The third kappa shape index (κ3) is 4.02. The van der Waals surface area contributed by atoms with Crippen molar-refractivity contribution in [2.24, 2.45) is 0 Å². The summed E-state index contributed by atoms with van der Waals surface area (Å²) >= 11 is 1.25. The molecule has 24 heavy (non-hydrogen) atoms. The van der Waals surface area contributed by atoms with Crippen molar-refractivity contribution in [3.05, 3.63) is 73.5 Å². The predicted octanol–water partition coefficient (Wildman–Crippen LogP) is 0.952. The number of benzene rings is 1. The van der Waals surface area contributed by atoms with Crippen molar-refractivity contribution in [1.29, 1.82) is 0 Å². The molecule has 0 saturated heterocycles. The Balaban J connectivity index is 1.64. The summed E-state index contributed by atoms with van der Waals surface area (Å²) < 4.78 is 0. The van der Waals surface area contributed by atoms with Gasteiger partial charge >= 0.3 is 5.69 Å². The molecule has 0 saturated carbocycles. The molecule has 0 radical (unpaired) electrons. The van der Waals surface area contributed by atoms with Crippen molar-refractivity contribution in [3.63, 3.8) is 0 Å². The number of aromatic amines is 2. The van der Waals surface area contributed by atoms with Gasteiger partial charge in [0.1, 0.15) is 10.7 Å². The minimum Gasteiger partial charge on any atom is -0.303 e. The van der Waals surface area contributed by atoms with Crippen LogP contribution in [0.4, 0.5) is 5.13 Å². The van der Waals surface area contributed by atoms with Crippen LogP contribution in [0.1, 0.15) is 21.1 Å². The van der Waals surface area contributed by atoms with Crippen molar-refractivity contribution in [2.75, 3.05) is 5.32 Å². The zero-order valence-corrected chi connectivity index (χ0v) is 13.2. The van der Waals surface area contributed by atoms with Gasteiger partial charge in [0.05, 0.1) is 0 Å². The maximum atomic E-state index is 12.0. The van der Waals surface area contributed by atoms with E-state index in [9.17, 15) is 14.4 Å². The fraction of sp³-hybridized carbons (Fsp3) is 0.133. The number of hydrogen-bond acceptors (Lipinski definition) is 6. The molecular weight excluding hydrogens is 330 g/mol. The fourth-order valence-corrected chi connectivity index (χ4v) is 2.79. The van der Waals surface area contributed by atoms with Crippen molar-refractivity contribution in [2.45, 2.75) is 12.8 Å². The first kappa shape index (κ1) is 15.8. The number of anilines is 1. The van der Waals surface area contributed by atoms with Crippen LogP contribution in [0.5, 0.6) is 0 Å². The van der Waals surface area contributed by atoms with Gasteiger partial charge in [-0.3, -0.25) is 19.9 Å². The molecule has 1 amide bonds. The van der Waals surface area contributed by atoms with Gasteiger partial charge in [0, 0.05) is 12.5 Å². The van der Waals surface area contributed by atoms with Gasteiger partial charge in [-0.1, -0.05) is 41.7 Å². The van der Waals surface area contributed by atoms with Gasteiger partial charge < -0.3 is 4.98 Å². The second-order valence-electron chi connectivity index (χ2n) is 4.94. The van der Waals surface area contributed by atoms with Gasteiger partial charge in [0.2, 0.25) is 5.13 Å². The Bertz CT molecular complexity index is 932. The highest BCUT2D eigenvalue weighted by atomic mass is 32.1. The molecule has 8 nitrogen and oxygen atoms in total. The topological polar surface area (TPSA) is 121 Å². The zero-order chi connectivity index (χ0) is 16.9. The molecule has 3 aromatic rings. The largest absolute Gasteiger partial charge is 0.326 e. The van der Waals surface area contributed by atoms with Crippen molar-refractivity contribution in [1.82, 2.24) is 20.2 Å². The average molecular weight is 343 g/mol. The molecule has 3 N–H and O–H groups in total. The number of carbonyl (C=O) groups is 1. The van der Waals surface area contributed by atoms with Crippen LogP contribution in [0.15, 0.2) is 46.0 Å². The first-order valence-corrected chi connectivity index (χ1v) is 7.93. The van der Waals surface area contributed by atoms with Crippen LogP contribution in [0.3, 0.4) is 0 Å². The molecule has 0 spiro atoms. The van der Waals surface area contributed by atoms with E-state index in [1.165, 1.54) is 16.9 Å². The Labute approximate surface area is 139 Å². The molecule has 0 aliphatic rings. The lowest BCUT2D eigenvalue weighted by atomic mass is 10.1. The summed E-state index contributed by atoms with van der Waals surface area (Å²) in [6.45, 7) is 0. The van der Waals surface area contributed by atoms with Gasteiger partial charge in [0.25, 0.3) is 11.5 Å². The van der Waals surface area contributed by atoms with Crippen molar-refractivity contribution >= 4 is 22.4 Å². The number of nitrogens with one attached hydrogen (secondary N) is 3. The van der Waals surface area contributed by atoms with Crippen LogP contribution in [-0.2, 0) is 12.8 Å². The molecule has 3 rings (SSSR count). The lowest BCUT2D eigenvalue weighted by molar-refractivity contribution is 0.102. The molecule has 0 aliphatic carbocycles. The molecule has 0 aliphatic heterocycles. The lowest BCUT2D eigenvalue weighted by Gasteiger charge is -1.99. The molecule has 2 heterocycles. The first-order chi connectivity index (χ1) is 11.6. The minimum absolute atomic E-state index is 0.134. The summed E-state index contributed by atoms with van der Waals surface area (Å²) in [5, 5.41) is 11.5. The van der Waals surface area contributed by atoms with E-state index in [1.54, 1.807) is 0 Å². The third-order valence-electron chi connectivity index (χ3n) is 3.16. The molecule has 1 aromatic carbocycles. The molecule has 0 atom stereocenters. The number of hydrogen-bond donors (Lipinski definition) is 3. The lowest BCUT2D eigenvalue weighted by Crippen LogP contribution is -2.27. The first-order valence-electron chi connectivity index (χ1n) is 7.11. The SMILES string of the molecule is O=C(Nc1nnc(CCc2ccccc2)s1)c1cc(=O)[nH]c(=O)[nH]1. The normalized spacial score (nSPS) is 10.5. The summed E-state index contributed by atoms with van der Waals surface area (Å²) in [5.41, 5.74) is -0.331. The Morgan fingerprint density at radius 2 is 1.88 bits per heavy atom. The van der Waals surface area contributed by atoms with Gasteiger partial charge in [-0.25, -0.2) is 4.79 Å². The minimum atomic E-state index is -0.742. The zero-order valence-electron chi connectivity index (χ0n) is 12.4. The molecule has 0 fully saturated rings. The predicted molar refractivity (Wildman–Crippen MR) is 89.4 cm³/mol. The Kier molecular flexibility index (Phi) is 4.62. The number of nitrogens with zero attached hydrogens (tertiary/aromatic N) is 2. The number of aromatic nitrogens is 4.